The van der Waals surface area contributed by atoms with Gasteiger partial charge in [-0.25, -0.2) is 5.48 Å². The summed E-state index contributed by atoms with van der Waals surface area (Å²) in [6.45, 7) is 1.42. The molecule has 0 heterocycles. The molecule has 2 amide bonds. The lowest BCUT2D eigenvalue weighted by molar-refractivity contribution is -0.124. The lowest BCUT2D eigenvalue weighted by atomic mass is 10.1. The number of amides is 2. The van der Waals surface area contributed by atoms with Gasteiger partial charge in [0.1, 0.15) is 0 Å². The number of hydrogen-bond acceptors (Lipinski definition) is 3. The molecule has 0 spiro atoms. The minimum absolute atomic E-state index is 0.363. The largest absolute Gasteiger partial charge is 0.368 e. The van der Waals surface area contributed by atoms with Crippen molar-refractivity contribution in [1.29, 1.82) is 0 Å². The lowest BCUT2D eigenvalue weighted by Crippen LogP contribution is -2.29. The van der Waals surface area contributed by atoms with Gasteiger partial charge in [-0.05, 0) is 30.7 Å². The number of primary amides is 1. The highest BCUT2D eigenvalue weighted by Gasteiger charge is 2.07. The van der Waals surface area contributed by atoms with Gasteiger partial charge >= 0.3 is 0 Å². The zero-order chi connectivity index (χ0) is 12.1. The molecule has 1 rings (SSSR count). The highest BCUT2D eigenvalue weighted by molar-refractivity contribution is 6.31. The van der Waals surface area contributed by atoms with Gasteiger partial charge in [0.25, 0.3) is 5.91 Å². The summed E-state index contributed by atoms with van der Waals surface area (Å²) in [7, 11) is 0. The number of rotatable bonds is 4. The summed E-state index contributed by atoms with van der Waals surface area (Å²) in [6, 6.07) is 4.78. The van der Waals surface area contributed by atoms with E-state index in [1.54, 1.807) is 25.1 Å². The molecule has 0 bridgehead atoms. The second-order valence-corrected chi connectivity index (χ2v) is 3.56. The third-order valence-electron chi connectivity index (χ3n) is 1.80. The molecule has 0 aromatic heterocycles. The van der Waals surface area contributed by atoms with Crippen LogP contribution in [0.1, 0.15) is 15.9 Å². The van der Waals surface area contributed by atoms with Gasteiger partial charge in [-0.2, -0.15) is 0 Å². The lowest BCUT2D eigenvalue weighted by Gasteiger charge is -2.05. The number of halogens is 1. The second-order valence-electron chi connectivity index (χ2n) is 3.15. The molecule has 0 atom stereocenters. The van der Waals surface area contributed by atoms with E-state index in [4.69, 9.17) is 17.3 Å². The first-order valence-electron chi connectivity index (χ1n) is 4.47. The van der Waals surface area contributed by atoms with Crippen molar-refractivity contribution in [2.75, 3.05) is 6.61 Å². The van der Waals surface area contributed by atoms with Crippen molar-refractivity contribution in [3.05, 3.63) is 34.3 Å². The number of benzene rings is 1. The van der Waals surface area contributed by atoms with E-state index in [2.05, 4.69) is 10.3 Å². The molecule has 1 aromatic carbocycles. The molecule has 0 saturated carbocycles. The summed E-state index contributed by atoms with van der Waals surface area (Å²) in [4.78, 5) is 26.4. The van der Waals surface area contributed by atoms with Crippen molar-refractivity contribution in [3.8, 4) is 0 Å². The van der Waals surface area contributed by atoms with E-state index in [1.165, 1.54) is 0 Å². The fourth-order valence-corrected chi connectivity index (χ4v) is 1.14. The molecule has 6 heteroatoms. The van der Waals surface area contributed by atoms with Gasteiger partial charge in [0, 0.05) is 10.6 Å². The van der Waals surface area contributed by atoms with Crippen molar-refractivity contribution in [2.24, 2.45) is 5.73 Å². The molecule has 0 unspecified atom stereocenters. The van der Waals surface area contributed by atoms with Gasteiger partial charge in [0.15, 0.2) is 6.61 Å². The van der Waals surface area contributed by atoms with E-state index in [0.29, 0.717) is 10.6 Å². The van der Waals surface area contributed by atoms with Gasteiger partial charge in [0.2, 0.25) is 5.91 Å². The Hall–Kier alpha value is -1.59. The van der Waals surface area contributed by atoms with Crippen molar-refractivity contribution in [3.63, 3.8) is 0 Å². The molecule has 0 aliphatic heterocycles. The topological polar surface area (TPSA) is 81.4 Å². The van der Waals surface area contributed by atoms with Gasteiger partial charge in [0.05, 0.1) is 0 Å². The molecule has 3 N–H and O–H groups in total. The highest BCUT2D eigenvalue weighted by atomic mass is 35.5. The number of carbonyl (C=O) groups is 2. The predicted molar refractivity (Wildman–Crippen MR) is 58.8 cm³/mol. The molecule has 0 aliphatic rings. The highest BCUT2D eigenvalue weighted by Crippen LogP contribution is 2.16. The van der Waals surface area contributed by atoms with E-state index in [0.717, 1.165) is 5.56 Å². The first-order chi connectivity index (χ1) is 7.50. The first kappa shape index (κ1) is 12.5. The van der Waals surface area contributed by atoms with Crippen LogP contribution in [0.4, 0.5) is 0 Å². The Balaban J connectivity index is 2.59. The molecule has 86 valence electrons. The SMILES string of the molecule is Cc1cc(C(=O)NOCC(N)=O)ccc1Cl. The minimum Gasteiger partial charge on any atom is -0.368 e. The first-order valence-corrected chi connectivity index (χ1v) is 4.85. The maximum atomic E-state index is 11.5. The summed E-state index contributed by atoms with van der Waals surface area (Å²) < 4.78 is 0. The normalized spacial score (nSPS) is 9.88. The molecule has 1 aromatic rings. The van der Waals surface area contributed by atoms with Crippen LogP contribution in [0, 0.1) is 6.92 Å². The summed E-state index contributed by atoms with van der Waals surface area (Å²) >= 11 is 5.81. The monoisotopic (exact) mass is 242 g/mol. The third kappa shape index (κ3) is 3.52. The Labute approximate surface area is 97.5 Å². The molecule has 16 heavy (non-hydrogen) atoms. The van der Waals surface area contributed by atoms with Crippen molar-refractivity contribution < 1.29 is 14.4 Å². The molecule has 5 nitrogen and oxygen atoms in total. The van der Waals surface area contributed by atoms with E-state index in [9.17, 15) is 9.59 Å². The quantitative estimate of drug-likeness (QED) is 0.766. The number of hydroxylamine groups is 1. The van der Waals surface area contributed by atoms with Gasteiger partial charge in [-0.3, -0.25) is 14.4 Å². The maximum Gasteiger partial charge on any atom is 0.274 e. The van der Waals surface area contributed by atoms with Crippen LogP contribution in [0.25, 0.3) is 0 Å². The van der Waals surface area contributed by atoms with Crippen molar-refractivity contribution in [2.45, 2.75) is 6.92 Å². The van der Waals surface area contributed by atoms with Gasteiger partial charge in [-0.1, -0.05) is 11.6 Å². The molecular formula is C10H11ClN2O3. The fraction of sp³-hybridized carbons (Fsp3) is 0.200. The van der Waals surface area contributed by atoms with E-state index >= 15 is 0 Å². The van der Waals surface area contributed by atoms with Crippen LogP contribution in [-0.4, -0.2) is 18.4 Å². The standard InChI is InChI=1S/C10H11ClN2O3/c1-6-4-7(2-3-8(6)11)10(15)13-16-5-9(12)14/h2-4H,5H2,1H3,(H2,12,14)(H,13,15). The number of aryl methyl sites for hydroxylation is 1. The maximum absolute atomic E-state index is 11.5. The molecule has 0 radical (unpaired) electrons. The summed E-state index contributed by atoms with van der Waals surface area (Å²) in [5, 5.41) is 0.578. The van der Waals surface area contributed by atoms with Crippen LogP contribution in [0.5, 0.6) is 0 Å². The van der Waals surface area contributed by atoms with Crippen molar-refractivity contribution >= 4 is 23.4 Å². The Kier molecular flexibility index (Phi) is 4.28. The average Bonchev–Trinajstić information content (AvgIpc) is 2.21. The summed E-state index contributed by atoms with van der Waals surface area (Å²) in [6.07, 6.45) is 0. The van der Waals surface area contributed by atoms with E-state index in [-0.39, 0.29) is 6.61 Å². The van der Waals surface area contributed by atoms with Crippen LogP contribution in [0.3, 0.4) is 0 Å². The Morgan fingerprint density at radius 2 is 2.19 bits per heavy atom. The Bertz CT molecular complexity index is 421. The summed E-state index contributed by atoms with van der Waals surface area (Å²) in [5.41, 5.74) is 8.10. The Morgan fingerprint density at radius 3 is 2.75 bits per heavy atom. The van der Waals surface area contributed by atoms with Gasteiger partial charge < -0.3 is 5.73 Å². The number of nitrogens with two attached hydrogens (primary N) is 1. The molecular weight excluding hydrogens is 232 g/mol. The Morgan fingerprint density at radius 1 is 1.50 bits per heavy atom. The fourth-order valence-electron chi connectivity index (χ4n) is 1.02. The van der Waals surface area contributed by atoms with E-state index < -0.39 is 11.8 Å². The predicted octanol–water partition coefficient (Wildman–Crippen LogP) is 0.795. The average molecular weight is 243 g/mol. The molecule has 0 aliphatic carbocycles. The smallest absolute Gasteiger partial charge is 0.274 e. The summed E-state index contributed by atoms with van der Waals surface area (Å²) in [5.74, 6) is -1.12. The molecule has 0 fully saturated rings. The number of hydrogen-bond donors (Lipinski definition) is 2. The van der Waals surface area contributed by atoms with Crippen molar-refractivity contribution in [1.82, 2.24) is 5.48 Å². The van der Waals surface area contributed by atoms with Crippen LogP contribution >= 0.6 is 11.6 Å². The van der Waals surface area contributed by atoms with Crippen LogP contribution in [0.15, 0.2) is 18.2 Å². The second kappa shape index (κ2) is 5.48. The number of nitrogens with one attached hydrogen (secondary N) is 1. The van der Waals surface area contributed by atoms with E-state index in [1.807, 2.05) is 0 Å². The minimum atomic E-state index is -0.660. The third-order valence-corrected chi connectivity index (χ3v) is 2.22. The molecule has 0 saturated heterocycles. The van der Waals surface area contributed by atoms with Crippen LogP contribution in [0.2, 0.25) is 5.02 Å². The number of carbonyl (C=O) groups excluding carboxylic acids is 2. The van der Waals surface area contributed by atoms with Gasteiger partial charge in [-0.15, -0.1) is 0 Å². The van der Waals surface area contributed by atoms with Crippen LogP contribution < -0.4 is 11.2 Å². The van der Waals surface area contributed by atoms with Crippen LogP contribution in [-0.2, 0) is 9.63 Å². The zero-order valence-corrected chi connectivity index (χ0v) is 9.38. The zero-order valence-electron chi connectivity index (χ0n) is 8.62.